The molecule has 25 heavy (non-hydrogen) atoms. The van der Waals surface area contributed by atoms with Gasteiger partial charge in [0.1, 0.15) is 19.2 Å². The van der Waals surface area contributed by atoms with E-state index in [0.717, 1.165) is 5.56 Å². The third-order valence-electron chi connectivity index (χ3n) is 3.69. The number of hydrogen-bond donors (Lipinski definition) is 2. The molecule has 7 nitrogen and oxygen atoms in total. The van der Waals surface area contributed by atoms with Crippen LogP contribution in [0.3, 0.4) is 0 Å². The number of alkyl carbamates (subject to hydrolysis) is 1. The smallest absolute Gasteiger partial charge is 0.408 e. The number of carbonyl (C=O) groups excluding carboxylic acids is 3. The van der Waals surface area contributed by atoms with Crippen LogP contribution in [0.25, 0.3) is 0 Å². The molecule has 0 spiro atoms. The molecule has 0 aromatic heterocycles. The largest absolute Gasteiger partial charge is 0.465 e. The van der Waals surface area contributed by atoms with E-state index in [1.807, 2.05) is 44.2 Å². The normalized spacial score (nSPS) is 12.6. The van der Waals surface area contributed by atoms with Crippen LogP contribution in [-0.2, 0) is 25.7 Å². The van der Waals surface area contributed by atoms with Crippen LogP contribution < -0.4 is 10.6 Å². The Balaban J connectivity index is 2.55. The number of nitrogens with one attached hydrogen (secondary N) is 2. The first-order chi connectivity index (χ1) is 12.0. The number of rotatable bonds is 9. The maximum Gasteiger partial charge on any atom is 0.408 e. The molecule has 0 saturated heterocycles. The standard InChI is InChI=1S/C18H26N2O5/c1-4-13(3)16(17(22)19-11-15(21)24-5-2)20-18(23)25-12-14-9-7-6-8-10-14/h6-10,13,16H,4-5,11-12H2,1-3H3,(H,19,22)(H,20,23)/t13-,16-/m0/s1. The van der Waals surface area contributed by atoms with Crippen molar-refractivity contribution in [1.29, 1.82) is 0 Å². The number of carbonyl (C=O) groups is 3. The molecule has 2 amide bonds. The summed E-state index contributed by atoms with van der Waals surface area (Å²) in [6.07, 6.45) is -0.00311. The Kier molecular flexibility index (Phi) is 9.06. The lowest BCUT2D eigenvalue weighted by atomic mass is 9.98. The molecule has 7 heteroatoms. The number of amides is 2. The Morgan fingerprint density at radius 2 is 1.76 bits per heavy atom. The molecule has 0 aliphatic rings. The van der Waals surface area contributed by atoms with Gasteiger partial charge in [-0.15, -0.1) is 0 Å². The van der Waals surface area contributed by atoms with E-state index in [1.54, 1.807) is 6.92 Å². The highest BCUT2D eigenvalue weighted by Gasteiger charge is 2.26. The molecule has 0 bridgehead atoms. The molecule has 0 aliphatic heterocycles. The lowest BCUT2D eigenvalue weighted by molar-refractivity contribution is -0.143. The van der Waals surface area contributed by atoms with Gasteiger partial charge in [-0.1, -0.05) is 50.6 Å². The van der Waals surface area contributed by atoms with E-state index in [0.29, 0.717) is 6.42 Å². The van der Waals surface area contributed by atoms with E-state index >= 15 is 0 Å². The molecule has 0 saturated carbocycles. The van der Waals surface area contributed by atoms with Gasteiger partial charge in [0.25, 0.3) is 0 Å². The fourth-order valence-corrected chi connectivity index (χ4v) is 2.07. The van der Waals surface area contributed by atoms with Gasteiger partial charge in [0.05, 0.1) is 6.61 Å². The predicted molar refractivity (Wildman–Crippen MR) is 92.6 cm³/mol. The average Bonchev–Trinajstić information content (AvgIpc) is 2.63. The summed E-state index contributed by atoms with van der Waals surface area (Å²) < 4.78 is 9.91. The average molecular weight is 350 g/mol. The van der Waals surface area contributed by atoms with Crippen LogP contribution in [0.15, 0.2) is 30.3 Å². The second-order valence-electron chi connectivity index (χ2n) is 5.59. The summed E-state index contributed by atoms with van der Waals surface area (Å²) in [5, 5.41) is 5.05. The van der Waals surface area contributed by atoms with Crippen LogP contribution in [0, 0.1) is 5.92 Å². The Morgan fingerprint density at radius 1 is 1.08 bits per heavy atom. The molecule has 0 aliphatic carbocycles. The van der Waals surface area contributed by atoms with Crippen molar-refractivity contribution < 1.29 is 23.9 Å². The molecule has 1 aromatic carbocycles. The fraction of sp³-hybridized carbons (Fsp3) is 0.500. The van der Waals surface area contributed by atoms with Gasteiger partial charge in [0.2, 0.25) is 5.91 Å². The lowest BCUT2D eigenvalue weighted by Gasteiger charge is -2.23. The molecule has 0 radical (unpaired) electrons. The Morgan fingerprint density at radius 3 is 2.36 bits per heavy atom. The van der Waals surface area contributed by atoms with Gasteiger partial charge in [0.15, 0.2) is 0 Å². The minimum Gasteiger partial charge on any atom is -0.465 e. The number of hydrogen-bond acceptors (Lipinski definition) is 5. The molecule has 2 N–H and O–H groups in total. The highest BCUT2D eigenvalue weighted by Crippen LogP contribution is 2.09. The van der Waals surface area contributed by atoms with Gasteiger partial charge in [-0.25, -0.2) is 4.79 Å². The van der Waals surface area contributed by atoms with Crippen LogP contribution in [0.1, 0.15) is 32.8 Å². The molecule has 0 heterocycles. The monoisotopic (exact) mass is 350 g/mol. The SMILES string of the molecule is CCOC(=O)CNC(=O)[C@@H](NC(=O)OCc1ccccc1)[C@@H](C)CC. The van der Waals surface area contributed by atoms with Crippen molar-refractivity contribution in [2.45, 2.75) is 39.8 Å². The van der Waals surface area contributed by atoms with Crippen LogP contribution in [0.2, 0.25) is 0 Å². The summed E-state index contributed by atoms with van der Waals surface area (Å²) in [5.41, 5.74) is 0.851. The van der Waals surface area contributed by atoms with E-state index in [-0.39, 0.29) is 25.7 Å². The summed E-state index contributed by atoms with van der Waals surface area (Å²) in [6.45, 7) is 5.56. The summed E-state index contributed by atoms with van der Waals surface area (Å²) in [4.78, 5) is 35.6. The van der Waals surface area contributed by atoms with Crippen LogP contribution >= 0.6 is 0 Å². The molecule has 0 fully saturated rings. The second-order valence-corrected chi connectivity index (χ2v) is 5.59. The Labute approximate surface area is 148 Å². The van der Waals surface area contributed by atoms with Crippen LogP contribution in [0.4, 0.5) is 4.79 Å². The topological polar surface area (TPSA) is 93.7 Å². The first kappa shape index (κ1) is 20.5. The Hall–Kier alpha value is -2.57. The van der Waals surface area contributed by atoms with Gasteiger partial charge >= 0.3 is 12.1 Å². The van der Waals surface area contributed by atoms with Crippen molar-refractivity contribution >= 4 is 18.0 Å². The van der Waals surface area contributed by atoms with Crippen molar-refractivity contribution in [2.75, 3.05) is 13.2 Å². The maximum absolute atomic E-state index is 12.3. The van der Waals surface area contributed by atoms with Gasteiger partial charge in [-0.2, -0.15) is 0 Å². The van der Waals surface area contributed by atoms with Gasteiger partial charge in [-0.05, 0) is 18.4 Å². The highest BCUT2D eigenvalue weighted by atomic mass is 16.5. The van der Waals surface area contributed by atoms with Crippen LogP contribution in [-0.4, -0.2) is 37.2 Å². The summed E-state index contributed by atoms with van der Waals surface area (Å²) in [6, 6.07) is 8.46. The van der Waals surface area contributed by atoms with Crippen LogP contribution in [0.5, 0.6) is 0 Å². The summed E-state index contributed by atoms with van der Waals surface area (Å²) in [7, 11) is 0. The zero-order chi connectivity index (χ0) is 18.7. The molecule has 2 atom stereocenters. The zero-order valence-electron chi connectivity index (χ0n) is 14.9. The second kappa shape index (κ2) is 11.1. The molecule has 138 valence electrons. The van der Waals surface area contributed by atoms with E-state index < -0.39 is 24.0 Å². The van der Waals surface area contributed by atoms with E-state index in [1.165, 1.54) is 0 Å². The van der Waals surface area contributed by atoms with Crippen molar-refractivity contribution in [2.24, 2.45) is 5.92 Å². The maximum atomic E-state index is 12.3. The van der Waals surface area contributed by atoms with Crippen molar-refractivity contribution in [3.63, 3.8) is 0 Å². The third kappa shape index (κ3) is 7.69. The number of benzene rings is 1. The van der Waals surface area contributed by atoms with Crippen molar-refractivity contribution in [3.8, 4) is 0 Å². The minimum atomic E-state index is -0.789. The van der Waals surface area contributed by atoms with Crippen molar-refractivity contribution in [1.82, 2.24) is 10.6 Å². The molecular weight excluding hydrogens is 324 g/mol. The first-order valence-corrected chi connectivity index (χ1v) is 8.38. The van der Waals surface area contributed by atoms with E-state index in [2.05, 4.69) is 10.6 Å². The quantitative estimate of drug-likeness (QED) is 0.665. The lowest BCUT2D eigenvalue weighted by Crippen LogP contribution is -2.51. The molecular formula is C18H26N2O5. The highest BCUT2D eigenvalue weighted by molar-refractivity contribution is 5.88. The third-order valence-corrected chi connectivity index (χ3v) is 3.69. The summed E-state index contributed by atoms with van der Waals surface area (Å²) in [5.74, 6) is -1.09. The fourth-order valence-electron chi connectivity index (χ4n) is 2.07. The predicted octanol–water partition coefficient (Wildman–Crippen LogP) is 2.01. The van der Waals surface area contributed by atoms with Gasteiger partial charge < -0.3 is 20.1 Å². The summed E-state index contributed by atoms with van der Waals surface area (Å²) >= 11 is 0. The molecule has 1 rings (SSSR count). The Bertz CT molecular complexity index is 562. The number of esters is 1. The van der Waals surface area contributed by atoms with E-state index in [4.69, 9.17) is 9.47 Å². The zero-order valence-corrected chi connectivity index (χ0v) is 14.9. The minimum absolute atomic E-state index is 0.115. The first-order valence-electron chi connectivity index (χ1n) is 8.38. The molecule has 0 unspecified atom stereocenters. The van der Waals surface area contributed by atoms with Crippen molar-refractivity contribution in [3.05, 3.63) is 35.9 Å². The van der Waals surface area contributed by atoms with E-state index in [9.17, 15) is 14.4 Å². The molecule has 1 aromatic rings. The van der Waals surface area contributed by atoms with Gasteiger partial charge in [0, 0.05) is 0 Å². The van der Waals surface area contributed by atoms with Gasteiger partial charge in [-0.3, -0.25) is 9.59 Å². The number of ether oxygens (including phenoxy) is 2.